The number of rotatable bonds is 7. The molecule has 3 rings (SSSR count). The Kier molecular flexibility index (Phi) is 9.24. The Balaban J connectivity index is 0.00000481. The van der Waals surface area contributed by atoms with E-state index in [1.165, 1.54) is 0 Å². The van der Waals surface area contributed by atoms with Crippen LogP contribution in [0.3, 0.4) is 0 Å². The number of carbonyl (C=O) groups is 2. The second-order valence-corrected chi connectivity index (χ2v) is 12.1. The molecule has 0 saturated carbocycles. The molecule has 37 heavy (non-hydrogen) atoms. The van der Waals surface area contributed by atoms with Crippen molar-refractivity contribution in [2.24, 2.45) is 5.92 Å². The lowest BCUT2D eigenvalue weighted by Crippen LogP contribution is -2.32. The van der Waals surface area contributed by atoms with Crippen LogP contribution < -0.4 is 0 Å². The van der Waals surface area contributed by atoms with Gasteiger partial charge in [-0.1, -0.05) is 67.0 Å². The number of carboxylic acids is 1. The third-order valence-corrected chi connectivity index (χ3v) is 7.12. The highest BCUT2D eigenvalue weighted by molar-refractivity contribution is 6.01. The van der Waals surface area contributed by atoms with Gasteiger partial charge in [0.05, 0.1) is 12.1 Å². The predicted octanol–water partition coefficient (Wildman–Crippen LogP) is 6.78. The number of hydrogen-bond donors (Lipinski definition) is 3. The van der Waals surface area contributed by atoms with Crippen molar-refractivity contribution in [3.63, 3.8) is 0 Å². The molecular formula is C30H41ClN2O4. The molecule has 0 amide bonds. The van der Waals surface area contributed by atoms with Crippen molar-refractivity contribution < 1.29 is 19.8 Å². The standard InChI is InChI=1S/C30H40N2O4.ClH/c1-8-9-20-16-32(27(31)25(20)18-10-12-19(13-11-18)28(35)36)17-24(33)21-14-22(29(2,3)4)26(34)23(15-21)30(5,6)7;/h10-15,20,25,31,34H,8-9,16-17H2,1-7H3,(H,35,36);1H. The second kappa shape index (κ2) is 11.3. The molecule has 0 aromatic heterocycles. The maximum absolute atomic E-state index is 13.6. The molecule has 0 spiro atoms. The van der Waals surface area contributed by atoms with E-state index in [0.29, 0.717) is 17.9 Å². The number of aromatic carboxylic acids is 1. The Bertz CT molecular complexity index is 1120. The monoisotopic (exact) mass is 528 g/mol. The fourth-order valence-corrected chi connectivity index (χ4v) is 5.15. The highest BCUT2D eigenvalue weighted by Crippen LogP contribution is 2.41. The van der Waals surface area contributed by atoms with Crippen molar-refractivity contribution in [2.75, 3.05) is 13.1 Å². The van der Waals surface area contributed by atoms with Gasteiger partial charge in [-0.05, 0) is 53.0 Å². The Morgan fingerprint density at radius 2 is 1.49 bits per heavy atom. The largest absolute Gasteiger partial charge is 0.507 e. The predicted molar refractivity (Wildman–Crippen MR) is 151 cm³/mol. The van der Waals surface area contributed by atoms with E-state index in [9.17, 15) is 19.8 Å². The van der Waals surface area contributed by atoms with E-state index in [1.54, 1.807) is 36.4 Å². The number of halogens is 1. The number of nitrogens with zero attached hydrogens (tertiary/aromatic N) is 1. The number of amidine groups is 1. The molecule has 2 aromatic rings. The Morgan fingerprint density at radius 1 is 0.973 bits per heavy atom. The van der Waals surface area contributed by atoms with Crippen LogP contribution in [0.25, 0.3) is 0 Å². The van der Waals surface area contributed by atoms with Gasteiger partial charge in [-0.2, -0.15) is 0 Å². The van der Waals surface area contributed by atoms with Gasteiger partial charge >= 0.3 is 5.97 Å². The first-order valence-electron chi connectivity index (χ1n) is 12.7. The number of ketones is 1. The maximum Gasteiger partial charge on any atom is 0.335 e. The lowest BCUT2D eigenvalue weighted by atomic mass is 9.78. The van der Waals surface area contributed by atoms with Crippen LogP contribution in [-0.4, -0.2) is 45.8 Å². The zero-order valence-corrected chi connectivity index (χ0v) is 23.8. The first kappa shape index (κ1) is 30.4. The van der Waals surface area contributed by atoms with Gasteiger partial charge in [0.15, 0.2) is 5.78 Å². The van der Waals surface area contributed by atoms with Gasteiger partial charge in [-0.3, -0.25) is 10.2 Å². The van der Waals surface area contributed by atoms with Gasteiger partial charge in [0.2, 0.25) is 0 Å². The van der Waals surface area contributed by atoms with Gasteiger partial charge in [0, 0.05) is 29.2 Å². The van der Waals surface area contributed by atoms with Crippen LogP contribution in [0.1, 0.15) is 105 Å². The molecule has 0 radical (unpaired) electrons. The summed E-state index contributed by atoms with van der Waals surface area (Å²) < 4.78 is 0. The van der Waals surface area contributed by atoms with E-state index in [1.807, 2.05) is 46.4 Å². The van der Waals surface area contributed by atoms with Gasteiger partial charge in [0.25, 0.3) is 0 Å². The summed E-state index contributed by atoms with van der Waals surface area (Å²) in [6, 6.07) is 10.4. The summed E-state index contributed by atoms with van der Waals surface area (Å²) in [5, 5.41) is 29.2. The molecular weight excluding hydrogens is 488 g/mol. The molecule has 1 saturated heterocycles. The summed E-state index contributed by atoms with van der Waals surface area (Å²) in [7, 11) is 0. The quantitative estimate of drug-likeness (QED) is 0.344. The van der Waals surface area contributed by atoms with Gasteiger partial charge in [0.1, 0.15) is 11.6 Å². The summed E-state index contributed by atoms with van der Waals surface area (Å²) in [5.74, 6) is -0.396. The van der Waals surface area contributed by atoms with Crippen LogP contribution in [0.15, 0.2) is 36.4 Å². The minimum atomic E-state index is -0.974. The fraction of sp³-hybridized carbons (Fsp3) is 0.500. The summed E-state index contributed by atoms with van der Waals surface area (Å²) in [6.07, 6.45) is 1.88. The topological polar surface area (TPSA) is 102 Å². The number of hydrogen-bond acceptors (Lipinski definition) is 4. The molecule has 3 N–H and O–H groups in total. The number of aromatic hydroxyl groups is 1. The third-order valence-electron chi connectivity index (χ3n) is 7.12. The number of likely N-dealkylation sites (tertiary alicyclic amines) is 1. The average molecular weight is 529 g/mol. The first-order chi connectivity index (χ1) is 16.6. The molecule has 1 aliphatic rings. The van der Waals surface area contributed by atoms with E-state index in [-0.39, 0.29) is 58.7 Å². The molecule has 0 bridgehead atoms. The van der Waals surface area contributed by atoms with Crippen molar-refractivity contribution >= 4 is 30.0 Å². The highest BCUT2D eigenvalue weighted by atomic mass is 35.5. The van der Waals surface area contributed by atoms with E-state index in [2.05, 4.69) is 6.92 Å². The minimum Gasteiger partial charge on any atom is -0.507 e. The lowest BCUT2D eigenvalue weighted by Gasteiger charge is -2.28. The fourth-order valence-electron chi connectivity index (χ4n) is 5.15. The smallest absolute Gasteiger partial charge is 0.335 e. The Hall–Kier alpha value is -2.86. The number of nitrogens with one attached hydrogen (secondary N) is 1. The molecule has 1 fully saturated rings. The number of phenols is 1. The van der Waals surface area contributed by atoms with Crippen LogP contribution in [0.4, 0.5) is 0 Å². The molecule has 2 aromatic carbocycles. The SMILES string of the molecule is CCCC1CN(CC(=O)c2cc(C(C)(C)C)c(O)c(C(C)(C)C)c2)C(=N)C1c1ccc(C(=O)O)cc1.Cl. The van der Waals surface area contributed by atoms with Crippen molar-refractivity contribution in [3.8, 4) is 5.75 Å². The molecule has 1 aliphatic heterocycles. The molecule has 1 heterocycles. The van der Waals surface area contributed by atoms with Crippen molar-refractivity contribution in [3.05, 3.63) is 64.2 Å². The summed E-state index contributed by atoms with van der Waals surface area (Å²) in [6.45, 7) is 15.0. The van der Waals surface area contributed by atoms with Crippen molar-refractivity contribution in [2.45, 2.75) is 78.1 Å². The number of carboxylic acid groups (broad SMARTS) is 1. The molecule has 0 aliphatic carbocycles. The van der Waals surface area contributed by atoms with E-state index in [0.717, 1.165) is 29.5 Å². The number of Topliss-reactive ketones (excluding diaryl/α,β-unsaturated/α-hetero) is 1. The number of phenolic OH excluding ortho intramolecular Hbond substituents is 1. The summed E-state index contributed by atoms with van der Waals surface area (Å²) in [5.41, 5.74) is 2.51. The highest BCUT2D eigenvalue weighted by Gasteiger charge is 2.39. The molecule has 6 nitrogen and oxygen atoms in total. The van der Waals surface area contributed by atoms with Crippen LogP contribution in [0.2, 0.25) is 0 Å². The number of carbonyl (C=O) groups excluding carboxylic acids is 1. The van der Waals surface area contributed by atoms with Crippen LogP contribution >= 0.6 is 12.4 Å². The second-order valence-electron chi connectivity index (χ2n) is 12.1. The lowest BCUT2D eigenvalue weighted by molar-refractivity contribution is 0.0696. The summed E-state index contributed by atoms with van der Waals surface area (Å²) in [4.78, 5) is 26.7. The van der Waals surface area contributed by atoms with Gasteiger partial charge < -0.3 is 15.1 Å². The summed E-state index contributed by atoms with van der Waals surface area (Å²) >= 11 is 0. The Labute approximate surface area is 227 Å². The first-order valence-corrected chi connectivity index (χ1v) is 12.7. The maximum atomic E-state index is 13.6. The van der Waals surface area contributed by atoms with Crippen LogP contribution in [0.5, 0.6) is 5.75 Å². The average Bonchev–Trinajstić information content (AvgIpc) is 3.07. The third kappa shape index (κ3) is 6.53. The van der Waals surface area contributed by atoms with E-state index >= 15 is 0 Å². The molecule has 2 atom stereocenters. The molecule has 202 valence electrons. The number of benzene rings is 2. The van der Waals surface area contributed by atoms with Crippen LogP contribution in [-0.2, 0) is 10.8 Å². The zero-order chi connectivity index (χ0) is 27.0. The normalized spacial score (nSPS) is 18.0. The Morgan fingerprint density at radius 3 is 1.92 bits per heavy atom. The van der Waals surface area contributed by atoms with E-state index < -0.39 is 5.97 Å². The minimum absolute atomic E-state index is 0. The van der Waals surface area contributed by atoms with Crippen molar-refractivity contribution in [1.29, 1.82) is 5.41 Å². The van der Waals surface area contributed by atoms with Crippen molar-refractivity contribution in [1.82, 2.24) is 4.90 Å². The zero-order valence-electron chi connectivity index (χ0n) is 23.0. The molecule has 2 unspecified atom stereocenters. The van der Waals surface area contributed by atoms with E-state index in [4.69, 9.17) is 5.41 Å². The van der Waals surface area contributed by atoms with Crippen LogP contribution in [0, 0.1) is 11.3 Å². The van der Waals surface area contributed by atoms with Gasteiger partial charge in [-0.25, -0.2) is 4.79 Å². The molecule has 7 heteroatoms. The van der Waals surface area contributed by atoms with Gasteiger partial charge in [-0.15, -0.1) is 12.4 Å².